The lowest BCUT2D eigenvalue weighted by molar-refractivity contribution is 0.622. The Kier molecular flexibility index (Phi) is 4.97. The average Bonchev–Trinajstić information content (AvgIpc) is 2.19. The summed E-state index contributed by atoms with van der Waals surface area (Å²) in [5, 5.41) is 3.76. The van der Waals surface area contributed by atoms with E-state index in [0.717, 1.165) is 12.1 Å². The fraction of sp³-hybridized carbons (Fsp3) is 0.385. The molecule has 0 aliphatic heterocycles. The molecule has 0 aromatic heterocycles. The number of rotatable bonds is 4. The van der Waals surface area contributed by atoms with Gasteiger partial charge in [0.2, 0.25) is 0 Å². The third-order valence-electron chi connectivity index (χ3n) is 2.15. The highest BCUT2D eigenvalue weighted by Gasteiger charge is 2.00. The minimum atomic E-state index is -0.305. The first-order valence-electron chi connectivity index (χ1n) is 5.34. The fourth-order valence-corrected chi connectivity index (χ4v) is 1.52. The fourth-order valence-electron chi connectivity index (χ4n) is 1.30. The zero-order chi connectivity index (χ0) is 12.1. The standard InChI is InChI=1S/C13H17ClFN/c1-9(2)16-8-10(3)6-11-4-5-12(15)7-13(11)14/h4-7,9,16H,8H2,1-3H3/b10-6+. The van der Waals surface area contributed by atoms with Gasteiger partial charge in [0.25, 0.3) is 0 Å². The number of benzene rings is 1. The molecule has 0 unspecified atom stereocenters. The first-order chi connectivity index (χ1) is 7.49. The Hall–Kier alpha value is -0.860. The number of hydrogen-bond donors (Lipinski definition) is 1. The highest BCUT2D eigenvalue weighted by Crippen LogP contribution is 2.19. The Morgan fingerprint density at radius 2 is 2.19 bits per heavy atom. The van der Waals surface area contributed by atoms with Gasteiger partial charge in [0.15, 0.2) is 0 Å². The lowest BCUT2D eigenvalue weighted by Crippen LogP contribution is -2.24. The highest BCUT2D eigenvalue weighted by molar-refractivity contribution is 6.32. The minimum absolute atomic E-state index is 0.305. The topological polar surface area (TPSA) is 12.0 Å². The normalized spacial score (nSPS) is 12.2. The Morgan fingerprint density at radius 1 is 1.50 bits per heavy atom. The molecule has 3 heteroatoms. The van der Waals surface area contributed by atoms with Crippen LogP contribution in [0.1, 0.15) is 26.3 Å². The molecule has 1 rings (SSSR count). The molecule has 0 saturated carbocycles. The van der Waals surface area contributed by atoms with Crippen LogP contribution in [0.5, 0.6) is 0 Å². The molecule has 1 N–H and O–H groups in total. The number of hydrogen-bond acceptors (Lipinski definition) is 1. The number of nitrogens with one attached hydrogen (secondary N) is 1. The minimum Gasteiger partial charge on any atom is -0.311 e. The molecule has 0 saturated heterocycles. The van der Waals surface area contributed by atoms with Crippen LogP contribution in [-0.2, 0) is 0 Å². The third kappa shape index (κ3) is 4.33. The summed E-state index contributed by atoms with van der Waals surface area (Å²) in [4.78, 5) is 0. The zero-order valence-corrected chi connectivity index (χ0v) is 10.6. The van der Waals surface area contributed by atoms with Gasteiger partial charge < -0.3 is 5.32 Å². The van der Waals surface area contributed by atoms with E-state index in [-0.39, 0.29) is 5.82 Å². The lowest BCUT2D eigenvalue weighted by atomic mass is 10.1. The summed E-state index contributed by atoms with van der Waals surface area (Å²) in [6.45, 7) is 7.02. The van der Waals surface area contributed by atoms with E-state index in [2.05, 4.69) is 19.2 Å². The van der Waals surface area contributed by atoms with E-state index in [4.69, 9.17) is 11.6 Å². The first kappa shape index (κ1) is 13.2. The molecule has 0 atom stereocenters. The van der Waals surface area contributed by atoms with Crippen molar-refractivity contribution in [1.82, 2.24) is 5.32 Å². The molecule has 1 nitrogen and oxygen atoms in total. The van der Waals surface area contributed by atoms with Gasteiger partial charge in [-0.3, -0.25) is 0 Å². The van der Waals surface area contributed by atoms with E-state index in [1.165, 1.54) is 17.7 Å². The first-order valence-corrected chi connectivity index (χ1v) is 5.72. The summed E-state index contributed by atoms with van der Waals surface area (Å²) in [5.41, 5.74) is 2.02. The van der Waals surface area contributed by atoms with Crippen molar-refractivity contribution in [2.24, 2.45) is 0 Å². The van der Waals surface area contributed by atoms with Crippen LogP contribution in [0.4, 0.5) is 4.39 Å². The van der Waals surface area contributed by atoms with Gasteiger partial charge in [-0.2, -0.15) is 0 Å². The summed E-state index contributed by atoms with van der Waals surface area (Å²) >= 11 is 5.93. The van der Waals surface area contributed by atoms with Crippen LogP contribution < -0.4 is 5.32 Å². The maximum absolute atomic E-state index is 12.8. The molecule has 0 heterocycles. The molecule has 0 aliphatic carbocycles. The smallest absolute Gasteiger partial charge is 0.124 e. The Balaban J connectivity index is 2.74. The summed E-state index contributed by atoms with van der Waals surface area (Å²) in [5.74, 6) is -0.305. The molecule has 0 aliphatic rings. The van der Waals surface area contributed by atoms with Gasteiger partial charge in [0.1, 0.15) is 5.82 Å². The van der Waals surface area contributed by atoms with Gasteiger partial charge in [-0.25, -0.2) is 4.39 Å². The van der Waals surface area contributed by atoms with E-state index in [1.54, 1.807) is 6.07 Å². The Labute approximate surface area is 101 Å². The predicted molar refractivity (Wildman–Crippen MR) is 68.2 cm³/mol. The van der Waals surface area contributed by atoms with Gasteiger partial charge in [-0.15, -0.1) is 0 Å². The van der Waals surface area contributed by atoms with Gasteiger partial charge in [0, 0.05) is 12.6 Å². The summed E-state index contributed by atoms with van der Waals surface area (Å²) in [6.07, 6.45) is 1.97. The second-order valence-corrected chi connectivity index (χ2v) is 4.60. The quantitative estimate of drug-likeness (QED) is 0.844. The van der Waals surface area contributed by atoms with Crippen LogP contribution >= 0.6 is 11.6 Å². The molecule has 0 radical (unpaired) electrons. The van der Waals surface area contributed by atoms with E-state index in [1.807, 2.05) is 13.0 Å². The van der Waals surface area contributed by atoms with Crippen molar-refractivity contribution in [3.05, 3.63) is 40.2 Å². The van der Waals surface area contributed by atoms with Crippen molar-refractivity contribution < 1.29 is 4.39 Å². The molecule has 1 aromatic rings. The molecule has 16 heavy (non-hydrogen) atoms. The molecule has 1 aromatic carbocycles. The van der Waals surface area contributed by atoms with Gasteiger partial charge in [-0.05, 0) is 24.6 Å². The van der Waals surface area contributed by atoms with E-state index in [0.29, 0.717) is 11.1 Å². The van der Waals surface area contributed by atoms with Crippen LogP contribution in [-0.4, -0.2) is 12.6 Å². The van der Waals surface area contributed by atoms with Crippen LogP contribution in [0, 0.1) is 5.82 Å². The van der Waals surface area contributed by atoms with Gasteiger partial charge in [0.05, 0.1) is 5.02 Å². The number of halogens is 2. The van der Waals surface area contributed by atoms with Crippen LogP contribution in [0.15, 0.2) is 23.8 Å². The Bertz CT molecular complexity index is 386. The maximum Gasteiger partial charge on any atom is 0.124 e. The molecule has 0 fully saturated rings. The van der Waals surface area contributed by atoms with Crippen molar-refractivity contribution in [3.63, 3.8) is 0 Å². The summed E-state index contributed by atoms with van der Waals surface area (Å²) in [6, 6.07) is 4.89. The SMILES string of the molecule is C/C(=C\c1ccc(F)cc1Cl)CNC(C)C. The summed E-state index contributed by atoms with van der Waals surface area (Å²) < 4.78 is 12.8. The zero-order valence-electron chi connectivity index (χ0n) is 9.85. The molecule has 88 valence electrons. The van der Waals surface area contributed by atoms with Crippen molar-refractivity contribution >= 4 is 17.7 Å². The van der Waals surface area contributed by atoms with E-state index >= 15 is 0 Å². The van der Waals surface area contributed by atoms with Crippen molar-refractivity contribution in [2.45, 2.75) is 26.8 Å². The van der Waals surface area contributed by atoms with Gasteiger partial charge >= 0.3 is 0 Å². The molecule has 0 bridgehead atoms. The van der Waals surface area contributed by atoms with Crippen molar-refractivity contribution in [3.8, 4) is 0 Å². The van der Waals surface area contributed by atoms with Crippen molar-refractivity contribution in [1.29, 1.82) is 0 Å². The third-order valence-corrected chi connectivity index (χ3v) is 2.48. The molecular weight excluding hydrogens is 225 g/mol. The second-order valence-electron chi connectivity index (χ2n) is 4.19. The summed E-state index contributed by atoms with van der Waals surface area (Å²) in [7, 11) is 0. The molecule has 0 amide bonds. The lowest BCUT2D eigenvalue weighted by Gasteiger charge is -2.08. The van der Waals surface area contributed by atoms with Gasteiger partial charge in [-0.1, -0.05) is 43.2 Å². The average molecular weight is 242 g/mol. The van der Waals surface area contributed by atoms with Crippen molar-refractivity contribution in [2.75, 3.05) is 6.54 Å². The monoisotopic (exact) mass is 241 g/mol. The van der Waals surface area contributed by atoms with E-state index in [9.17, 15) is 4.39 Å². The molecule has 0 spiro atoms. The van der Waals surface area contributed by atoms with Crippen LogP contribution in [0.3, 0.4) is 0 Å². The van der Waals surface area contributed by atoms with Crippen LogP contribution in [0.2, 0.25) is 5.02 Å². The van der Waals surface area contributed by atoms with E-state index < -0.39 is 0 Å². The largest absolute Gasteiger partial charge is 0.311 e. The Morgan fingerprint density at radius 3 is 2.75 bits per heavy atom. The molecular formula is C13H17ClFN. The van der Waals surface area contributed by atoms with Crippen LogP contribution in [0.25, 0.3) is 6.08 Å². The predicted octanol–water partition coefficient (Wildman–Crippen LogP) is 3.88. The second kappa shape index (κ2) is 6.02. The maximum atomic E-state index is 12.8. The highest BCUT2D eigenvalue weighted by atomic mass is 35.5.